The Hall–Kier alpha value is -1.03. The van der Waals surface area contributed by atoms with Gasteiger partial charge >= 0.3 is 0 Å². The molecular formula is C9H17N3O. The van der Waals surface area contributed by atoms with Crippen molar-refractivity contribution in [3.63, 3.8) is 0 Å². The van der Waals surface area contributed by atoms with Gasteiger partial charge in [-0.15, -0.1) is 0 Å². The van der Waals surface area contributed by atoms with Gasteiger partial charge in [0.1, 0.15) is 6.10 Å². The van der Waals surface area contributed by atoms with Gasteiger partial charge in [-0.25, -0.2) is 4.98 Å². The van der Waals surface area contributed by atoms with Crippen molar-refractivity contribution in [3.05, 3.63) is 12.4 Å². The molecule has 0 aliphatic heterocycles. The van der Waals surface area contributed by atoms with E-state index in [1.807, 2.05) is 24.7 Å². The zero-order valence-electron chi connectivity index (χ0n) is 8.45. The van der Waals surface area contributed by atoms with Crippen molar-refractivity contribution in [2.45, 2.75) is 26.5 Å². The normalized spacial score (nSPS) is 12.8. The van der Waals surface area contributed by atoms with Gasteiger partial charge in [0.15, 0.2) is 0 Å². The van der Waals surface area contributed by atoms with Crippen LogP contribution in [-0.2, 0) is 6.54 Å². The third-order valence-electron chi connectivity index (χ3n) is 1.82. The smallest absolute Gasteiger partial charge is 0.296 e. The van der Waals surface area contributed by atoms with Crippen LogP contribution in [0.15, 0.2) is 12.4 Å². The Bertz CT molecular complexity index is 247. The molecule has 0 aliphatic carbocycles. The average Bonchev–Trinajstić information content (AvgIpc) is 2.52. The van der Waals surface area contributed by atoms with Crippen LogP contribution in [0.5, 0.6) is 6.01 Å². The Morgan fingerprint density at radius 2 is 2.46 bits per heavy atom. The van der Waals surface area contributed by atoms with Crippen LogP contribution in [0.3, 0.4) is 0 Å². The van der Waals surface area contributed by atoms with Crippen molar-refractivity contribution in [3.8, 4) is 6.01 Å². The molecule has 0 saturated heterocycles. The predicted molar refractivity (Wildman–Crippen MR) is 51.9 cm³/mol. The minimum Gasteiger partial charge on any atom is -0.460 e. The second-order valence-corrected chi connectivity index (χ2v) is 2.98. The van der Waals surface area contributed by atoms with Crippen molar-refractivity contribution in [2.75, 3.05) is 13.6 Å². The number of imidazole rings is 1. The third kappa shape index (κ3) is 2.73. The SMILES string of the molecule is CCn1ccnc1OC(C)CNC. The summed E-state index contributed by atoms with van der Waals surface area (Å²) >= 11 is 0. The van der Waals surface area contributed by atoms with Gasteiger partial charge in [0.2, 0.25) is 0 Å². The summed E-state index contributed by atoms with van der Waals surface area (Å²) in [6, 6.07) is 0.699. The number of hydrogen-bond acceptors (Lipinski definition) is 3. The van der Waals surface area contributed by atoms with Gasteiger partial charge in [0.25, 0.3) is 6.01 Å². The average molecular weight is 183 g/mol. The lowest BCUT2D eigenvalue weighted by molar-refractivity contribution is 0.194. The van der Waals surface area contributed by atoms with Gasteiger partial charge in [-0.3, -0.25) is 0 Å². The fourth-order valence-electron chi connectivity index (χ4n) is 1.16. The largest absolute Gasteiger partial charge is 0.460 e. The first-order chi connectivity index (χ1) is 6.27. The maximum Gasteiger partial charge on any atom is 0.296 e. The molecule has 1 unspecified atom stereocenters. The van der Waals surface area contributed by atoms with Crippen LogP contribution in [0.1, 0.15) is 13.8 Å². The van der Waals surface area contributed by atoms with Gasteiger partial charge in [0.05, 0.1) is 0 Å². The lowest BCUT2D eigenvalue weighted by Gasteiger charge is -2.13. The van der Waals surface area contributed by atoms with E-state index in [2.05, 4.69) is 17.2 Å². The van der Waals surface area contributed by atoms with Crippen molar-refractivity contribution in [2.24, 2.45) is 0 Å². The number of nitrogens with one attached hydrogen (secondary N) is 1. The van der Waals surface area contributed by atoms with Crippen molar-refractivity contribution >= 4 is 0 Å². The molecule has 13 heavy (non-hydrogen) atoms. The quantitative estimate of drug-likeness (QED) is 0.737. The zero-order chi connectivity index (χ0) is 9.68. The van der Waals surface area contributed by atoms with Crippen LogP contribution in [0.4, 0.5) is 0 Å². The summed E-state index contributed by atoms with van der Waals surface area (Å²) in [7, 11) is 1.91. The molecule has 4 nitrogen and oxygen atoms in total. The maximum absolute atomic E-state index is 5.61. The molecule has 4 heteroatoms. The number of ether oxygens (including phenoxy) is 1. The summed E-state index contributed by atoms with van der Waals surface area (Å²) in [6.07, 6.45) is 3.82. The van der Waals surface area contributed by atoms with Gasteiger partial charge in [0, 0.05) is 25.5 Å². The molecule has 0 aliphatic rings. The first-order valence-electron chi connectivity index (χ1n) is 4.60. The minimum atomic E-state index is 0.151. The van der Waals surface area contributed by atoms with E-state index in [9.17, 15) is 0 Å². The van der Waals surface area contributed by atoms with Crippen LogP contribution in [-0.4, -0.2) is 29.2 Å². The summed E-state index contributed by atoms with van der Waals surface area (Å²) in [6.45, 7) is 5.81. The van der Waals surface area contributed by atoms with E-state index in [0.29, 0.717) is 6.01 Å². The Balaban J connectivity index is 2.52. The lowest BCUT2D eigenvalue weighted by atomic mass is 10.4. The lowest BCUT2D eigenvalue weighted by Crippen LogP contribution is -2.27. The minimum absolute atomic E-state index is 0.151. The molecule has 1 heterocycles. The molecule has 0 aromatic carbocycles. The van der Waals surface area contributed by atoms with Crippen LogP contribution >= 0.6 is 0 Å². The molecule has 1 rings (SSSR count). The molecule has 0 saturated carbocycles. The predicted octanol–water partition coefficient (Wildman–Crippen LogP) is 0.890. The van der Waals surface area contributed by atoms with Gasteiger partial charge < -0.3 is 14.6 Å². The number of hydrogen-bond donors (Lipinski definition) is 1. The Labute approximate surface area is 78.9 Å². The van der Waals surface area contributed by atoms with Crippen molar-refractivity contribution in [1.29, 1.82) is 0 Å². The molecule has 0 bridgehead atoms. The summed E-state index contributed by atoms with van der Waals surface area (Å²) in [5.74, 6) is 0. The third-order valence-corrected chi connectivity index (χ3v) is 1.82. The van der Waals surface area contributed by atoms with E-state index in [1.54, 1.807) is 6.20 Å². The topological polar surface area (TPSA) is 39.1 Å². The number of nitrogens with zero attached hydrogens (tertiary/aromatic N) is 2. The van der Waals surface area contributed by atoms with E-state index in [4.69, 9.17) is 4.74 Å². The molecule has 74 valence electrons. The summed E-state index contributed by atoms with van der Waals surface area (Å²) < 4.78 is 7.58. The Kier molecular flexibility index (Phi) is 3.76. The highest BCUT2D eigenvalue weighted by Crippen LogP contribution is 2.08. The van der Waals surface area contributed by atoms with Gasteiger partial charge in [-0.2, -0.15) is 0 Å². The van der Waals surface area contributed by atoms with Crippen molar-refractivity contribution < 1.29 is 4.74 Å². The number of likely N-dealkylation sites (N-methyl/N-ethyl adjacent to an activating group) is 1. The highest BCUT2D eigenvalue weighted by Gasteiger charge is 2.06. The summed E-state index contributed by atoms with van der Waals surface area (Å²) in [4.78, 5) is 4.12. The van der Waals surface area contributed by atoms with Crippen LogP contribution in [0.25, 0.3) is 0 Å². The fraction of sp³-hybridized carbons (Fsp3) is 0.667. The summed E-state index contributed by atoms with van der Waals surface area (Å²) in [5.41, 5.74) is 0. The van der Waals surface area contributed by atoms with E-state index in [0.717, 1.165) is 13.1 Å². The molecule has 0 spiro atoms. The zero-order valence-corrected chi connectivity index (χ0v) is 8.45. The van der Waals surface area contributed by atoms with Crippen LogP contribution < -0.4 is 10.1 Å². The number of aromatic nitrogens is 2. The molecule has 1 N–H and O–H groups in total. The molecule has 0 fully saturated rings. The molecule has 0 radical (unpaired) electrons. The first kappa shape index (κ1) is 10.1. The Morgan fingerprint density at radius 1 is 1.69 bits per heavy atom. The van der Waals surface area contributed by atoms with Crippen LogP contribution in [0, 0.1) is 0 Å². The van der Waals surface area contributed by atoms with Crippen LogP contribution in [0.2, 0.25) is 0 Å². The number of rotatable bonds is 5. The fourth-order valence-corrected chi connectivity index (χ4v) is 1.16. The van der Waals surface area contributed by atoms with Gasteiger partial charge in [-0.05, 0) is 20.9 Å². The monoisotopic (exact) mass is 183 g/mol. The molecule has 0 amide bonds. The first-order valence-corrected chi connectivity index (χ1v) is 4.60. The molecule has 1 aromatic heterocycles. The van der Waals surface area contributed by atoms with Gasteiger partial charge in [-0.1, -0.05) is 0 Å². The molecular weight excluding hydrogens is 166 g/mol. The maximum atomic E-state index is 5.61. The second kappa shape index (κ2) is 4.87. The highest BCUT2D eigenvalue weighted by molar-refractivity contribution is 4.98. The van der Waals surface area contributed by atoms with E-state index >= 15 is 0 Å². The standard InChI is InChI=1S/C9H17N3O/c1-4-12-6-5-11-9(12)13-8(2)7-10-3/h5-6,8,10H,4,7H2,1-3H3. The molecule has 1 atom stereocenters. The summed E-state index contributed by atoms with van der Waals surface area (Å²) in [5, 5.41) is 3.06. The van der Waals surface area contributed by atoms with E-state index < -0.39 is 0 Å². The second-order valence-electron chi connectivity index (χ2n) is 2.98. The number of aryl methyl sites for hydroxylation is 1. The van der Waals surface area contributed by atoms with Crippen molar-refractivity contribution in [1.82, 2.24) is 14.9 Å². The van der Waals surface area contributed by atoms with E-state index in [-0.39, 0.29) is 6.10 Å². The molecule has 1 aromatic rings. The van der Waals surface area contributed by atoms with E-state index in [1.165, 1.54) is 0 Å². The Morgan fingerprint density at radius 3 is 3.08 bits per heavy atom. The highest BCUT2D eigenvalue weighted by atomic mass is 16.5.